The predicted molar refractivity (Wildman–Crippen MR) is 126 cm³/mol. The minimum atomic E-state index is -1.07. The normalized spacial score (nSPS) is 15.5. The van der Waals surface area contributed by atoms with Crippen molar-refractivity contribution in [1.29, 1.82) is 0 Å². The van der Waals surface area contributed by atoms with Gasteiger partial charge in [0.25, 0.3) is 5.91 Å². The monoisotopic (exact) mass is 462 g/mol. The van der Waals surface area contributed by atoms with Gasteiger partial charge in [0.2, 0.25) is 0 Å². The average Bonchev–Trinajstić information content (AvgIpc) is 3.35. The van der Waals surface area contributed by atoms with Gasteiger partial charge in [0.1, 0.15) is 11.8 Å². The molecule has 3 N–H and O–H groups in total. The maximum atomic E-state index is 13.1. The summed E-state index contributed by atoms with van der Waals surface area (Å²) in [5, 5.41) is 15.1. The lowest BCUT2D eigenvalue weighted by Crippen LogP contribution is -2.22. The number of rotatable bonds is 6. The van der Waals surface area contributed by atoms with Gasteiger partial charge in [-0.3, -0.25) is 4.79 Å². The van der Waals surface area contributed by atoms with Crippen LogP contribution in [-0.4, -0.2) is 47.6 Å². The number of amidine groups is 1. The van der Waals surface area contributed by atoms with E-state index in [4.69, 9.17) is 20.3 Å². The molecule has 34 heavy (non-hydrogen) atoms. The molecule has 1 aliphatic heterocycles. The second kappa shape index (κ2) is 8.74. The number of nitrogens with zero attached hydrogens (tertiary/aromatic N) is 3. The van der Waals surface area contributed by atoms with Crippen LogP contribution in [0.1, 0.15) is 28.9 Å². The topological polar surface area (TPSA) is 136 Å². The fraction of sp³-hybridized carbons (Fsp3) is 0.167. The lowest BCUT2D eigenvalue weighted by atomic mass is 10.1. The molecule has 0 bridgehead atoms. The SMILES string of the molecule is COC(=O)C(C)n1cc(C=C2C(=O)N(c3ccc(C(=O)O)cc3)N=C2N)c2cc(OC)ccc21. The van der Waals surface area contributed by atoms with Crippen molar-refractivity contribution in [2.45, 2.75) is 13.0 Å². The summed E-state index contributed by atoms with van der Waals surface area (Å²) in [5.74, 6) is -1.34. The predicted octanol–water partition coefficient (Wildman–Crippen LogP) is 2.78. The van der Waals surface area contributed by atoms with Crippen LogP contribution in [-0.2, 0) is 14.3 Å². The van der Waals surface area contributed by atoms with Gasteiger partial charge >= 0.3 is 11.9 Å². The van der Waals surface area contributed by atoms with Crippen LogP contribution in [0.3, 0.4) is 0 Å². The van der Waals surface area contributed by atoms with Crippen molar-refractivity contribution in [1.82, 2.24) is 4.57 Å². The molecule has 0 radical (unpaired) electrons. The van der Waals surface area contributed by atoms with Gasteiger partial charge in [-0.05, 0) is 55.5 Å². The van der Waals surface area contributed by atoms with Gasteiger partial charge in [0.05, 0.1) is 31.0 Å². The van der Waals surface area contributed by atoms with Crippen molar-refractivity contribution in [2.24, 2.45) is 10.8 Å². The highest BCUT2D eigenvalue weighted by Crippen LogP contribution is 2.32. The lowest BCUT2D eigenvalue weighted by molar-refractivity contribution is -0.143. The Balaban J connectivity index is 1.77. The van der Waals surface area contributed by atoms with E-state index in [1.165, 1.54) is 31.4 Å². The number of hydrogen-bond acceptors (Lipinski definition) is 7. The number of hydrogen-bond donors (Lipinski definition) is 2. The van der Waals surface area contributed by atoms with Crippen LogP contribution in [0.4, 0.5) is 5.69 Å². The number of benzene rings is 2. The Kier molecular flexibility index (Phi) is 5.80. The molecule has 0 aliphatic carbocycles. The third-order valence-electron chi connectivity index (χ3n) is 5.60. The maximum absolute atomic E-state index is 13.1. The number of carbonyl (C=O) groups is 3. The number of aromatic nitrogens is 1. The van der Waals surface area contributed by atoms with Crippen molar-refractivity contribution in [3.8, 4) is 5.75 Å². The Bertz CT molecular complexity index is 1370. The second-order valence-electron chi connectivity index (χ2n) is 7.59. The van der Waals surface area contributed by atoms with Crippen LogP contribution >= 0.6 is 0 Å². The number of fused-ring (bicyclic) bond motifs is 1. The van der Waals surface area contributed by atoms with Gasteiger partial charge in [0.15, 0.2) is 5.84 Å². The summed E-state index contributed by atoms with van der Waals surface area (Å²) < 4.78 is 12.0. The van der Waals surface area contributed by atoms with E-state index in [1.807, 2.05) is 6.07 Å². The van der Waals surface area contributed by atoms with Crippen LogP contribution < -0.4 is 15.5 Å². The van der Waals surface area contributed by atoms with E-state index in [1.54, 1.807) is 43.0 Å². The first-order valence-corrected chi connectivity index (χ1v) is 10.3. The van der Waals surface area contributed by atoms with Crippen LogP contribution in [0.5, 0.6) is 5.75 Å². The van der Waals surface area contributed by atoms with Gasteiger partial charge in [-0.15, -0.1) is 5.10 Å². The summed E-state index contributed by atoms with van der Waals surface area (Å²) in [5.41, 5.74) is 8.08. The van der Waals surface area contributed by atoms with Crippen LogP contribution in [0.2, 0.25) is 0 Å². The molecule has 3 aromatic rings. The van der Waals surface area contributed by atoms with E-state index in [0.29, 0.717) is 17.0 Å². The fourth-order valence-corrected chi connectivity index (χ4v) is 3.75. The molecule has 1 amide bonds. The van der Waals surface area contributed by atoms with Crippen molar-refractivity contribution in [2.75, 3.05) is 19.2 Å². The van der Waals surface area contributed by atoms with Crippen molar-refractivity contribution in [3.63, 3.8) is 0 Å². The van der Waals surface area contributed by atoms with E-state index in [2.05, 4.69) is 5.10 Å². The summed E-state index contributed by atoms with van der Waals surface area (Å²) in [6.07, 6.45) is 3.35. The zero-order valence-electron chi connectivity index (χ0n) is 18.7. The van der Waals surface area contributed by atoms with Gasteiger partial charge in [0, 0.05) is 22.7 Å². The van der Waals surface area contributed by atoms with E-state index in [9.17, 15) is 14.4 Å². The summed E-state index contributed by atoms with van der Waals surface area (Å²) in [6, 6.07) is 10.5. The van der Waals surface area contributed by atoms with Gasteiger partial charge in [-0.2, -0.15) is 5.01 Å². The lowest BCUT2D eigenvalue weighted by Gasteiger charge is -2.12. The molecule has 10 nitrogen and oxygen atoms in total. The van der Waals surface area contributed by atoms with Crippen molar-refractivity contribution in [3.05, 3.63) is 65.4 Å². The molecule has 1 atom stereocenters. The Morgan fingerprint density at radius 1 is 1.15 bits per heavy atom. The van der Waals surface area contributed by atoms with E-state index < -0.39 is 23.9 Å². The molecule has 0 saturated heterocycles. The Morgan fingerprint density at radius 3 is 2.47 bits per heavy atom. The number of methoxy groups -OCH3 is 2. The van der Waals surface area contributed by atoms with E-state index >= 15 is 0 Å². The molecule has 0 spiro atoms. The Labute approximate surface area is 194 Å². The van der Waals surface area contributed by atoms with Crippen molar-refractivity contribution < 1.29 is 29.0 Å². The fourth-order valence-electron chi connectivity index (χ4n) is 3.75. The Hall–Kier alpha value is -4.60. The van der Waals surface area contributed by atoms with Gasteiger partial charge < -0.3 is 24.9 Å². The number of anilines is 1. The number of carboxylic acid groups (broad SMARTS) is 1. The average molecular weight is 462 g/mol. The third-order valence-corrected chi connectivity index (χ3v) is 5.60. The highest BCUT2D eigenvalue weighted by atomic mass is 16.5. The molecule has 2 heterocycles. The summed E-state index contributed by atoms with van der Waals surface area (Å²) >= 11 is 0. The number of esters is 1. The van der Waals surface area contributed by atoms with Gasteiger partial charge in [-0.25, -0.2) is 9.59 Å². The second-order valence-corrected chi connectivity index (χ2v) is 7.59. The zero-order valence-corrected chi connectivity index (χ0v) is 18.7. The number of aromatic carboxylic acids is 1. The molecule has 1 unspecified atom stereocenters. The highest BCUT2D eigenvalue weighted by Gasteiger charge is 2.30. The number of nitrogens with two attached hydrogens (primary N) is 1. The molecule has 0 saturated carbocycles. The van der Waals surface area contributed by atoms with E-state index in [-0.39, 0.29) is 17.0 Å². The summed E-state index contributed by atoms with van der Waals surface area (Å²) in [4.78, 5) is 36.4. The third kappa shape index (κ3) is 3.85. The first-order valence-electron chi connectivity index (χ1n) is 10.3. The smallest absolute Gasteiger partial charge is 0.335 e. The van der Waals surface area contributed by atoms with Crippen LogP contribution in [0.25, 0.3) is 17.0 Å². The number of ether oxygens (including phenoxy) is 2. The maximum Gasteiger partial charge on any atom is 0.335 e. The first kappa shape index (κ1) is 22.6. The summed E-state index contributed by atoms with van der Waals surface area (Å²) in [7, 11) is 2.87. The number of amides is 1. The standard InChI is InChI=1S/C24H22N4O6/c1-13(24(32)34-3)27-12-15(18-11-17(33-2)8-9-20(18)27)10-19-21(25)26-28(22(19)29)16-6-4-14(5-7-16)23(30)31/h4-13H,1-3H3,(H2,25,26)(H,30,31). The van der Waals surface area contributed by atoms with Crippen LogP contribution in [0, 0.1) is 0 Å². The minimum absolute atomic E-state index is 0.0112. The molecule has 174 valence electrons. The van der Waals surface area contributed by atoms with Crippen LogP contribution in [0.15, 0.2) is 59.3 Å². The number of carbonyl (C=O) groups excluding carboxylic acids is 2. The van der Waals surface area contributed by atoms with Crippen molar-refractivity contribution >= 4 is 46.3 Å². The van der Waals surface area contributed by atoms with Gasteiger partial charge in [-0.1, -0.05) is 0 Å². The minimum Gasteiger partial charge on any atom is -0.497 e. The molecule has 1 aliphatic rings. The molecular weight excluding hydrogens is 440 g/mol. The molecule has 0 fully saturated rings. The quantitative estimate of drug-likeness (QED) is 0.425. The van der Waals surface area contributed by atoms with E-state index in [0.717, 1.165) is 15.9 Å². The molecule has 1 aromatic heterocycles. The largest absolute Gasteiger partial charge is 0.497 e. The number of carboxylic acids is 1. The zero-order chi connectivity index (χ0) is 24.6. The molecule has 10 heteroatoms. The number of hydrazone groups is 1. The highest BCUT2D eigenvalue weighted by molar-refractivity contribution is 6.32. The first-order chi connectivity index (χ1) is 16.2. The Morgan fingerprint density at radius 2 is 1.85 bits per heavy atom. The molecule has 2 aromatic carbocycles. The summed E-state index contributed by atoms with van der Waals surface area (Å²) in [6.45, 7) is 1.71. The molecule has 4 rings (SSSR count). The molecular formula is C24H22N4O6.